The zero-order valence-corrected chi connectivity index (χ0v) is 19.7. The maximum absolute atomic E-state index is 12.7. The second-order valence-electron chi connectivity index (χ2n) is 8.92. The Balaban J connectivity index is 1.32. The maximum atomic E-state index is 12.7. The van der Waals surface area contributed by atoms with Crippen LogP contribution in [-0.2, 0) is 0 Å². The summed E-state index contributed by atoms with van der Waals surface area (Å²) in [5.41, 5.74) is 6.04. The number of fused-ring (bicyclic) bond motifs is 1. The maximum Gasteiger partial charge on any atom is 0.253 e. The molecule has 6 nitrogen and oxygen atoms in total. The highest BCUT2D eigenvalue weighted by molar-refractivity contribution is 5.94. The van der Waals surface area contributed by atoms with Crippen LogP contribution in [0.25, 0.3) is 17.0 Å². The summed E-state index contributed by atoms with van der Waals surface area (Å²) in [4.78, 5) is 22.2. The predicted octanol–water partition coefficient (Wildman–Crippen LogP) is 6.05. The number of piperidine rings is 1. The third kappa shape index (κ3) is 4.67. The first-order valence-electron chi connectivity index (χ1n) is 11.9. The first-order valence-corrected chi connectivity index (χ1v) is 11.9. The summed E-state index contributed by atoms with van der Waals surface area (Å²) in [5.74, 6) is 0.464. The fourth-order valence-electron chi connectivity index (χ4n) is 4.68. The average molecular weight is 462 g/mol. The number of hydrogen-bond acceptors (Lipinski definition) is 4. The minimum absolute atomic E-state index is 0.0974. The SMILES string of the molecule is Cc1c(Nc2c(C#N)cncc2C=CC2CCN(C(=O)c3ccccc3)CC2)ccc2[nH]ccc12. The number of carbonyl (C=O) groups is 1. The van der Waals surface area contributed by atoms with Crippen LogP contribution in [0.1, 0.15) is 39.9 Å². The highest BCUT2D eigenvalue weighted by Crippen LogP contribution is 2.31. The molecule has 3 heterocycles. The quantitative estimate of drug-likeness (QED) is 0.379. The fourth-order valence-corrected chi connectivity index (χ4v) is 4.68. The minimum atomic E-state index is 0.0974. The number of allylic oxidation sites excluding steroid dienone is 1. The Labute approximate surface area is 204 Å². The van der Waals surface area contributed by atoms with Crippen LogP contribution in [-0.4, -0.2) is 33.9 Å². The molecule has 0 radical (unpaired) electrons. The molecule has 0 bridgehead atoms. The second-order valence-corrected chi connectivity index (χ2v) is 8.92. The zero-order chi connectivity index (χ0) is 24.2. The van der Waals surface area contributed by atoms with E-state index in [9.17, 15) is 10.1 Å². The minimum Gasteiger partial charge on any atom is -0.361 e. The molecule has 5 rings (SSSR count). The third-order valence-corrected chi connectivity index (χ3v) is 6.75. The van der Waals surface area contributed by atoms with Gasteiger partial charge in [-0.3, -0.25) is 9.78 Å². The van der Waals surface area contributed by atoms with Crippen molar-refractivity contribution in [3.05, 3.63) is 95.5 Å². The van der Waals surface area contributed by atoms with Crippen LogP contribution in [0, 0.1) is 24.2 Å². The topological polar surface area (TPSA) is 84.8 Å². The number of amides is 1. The third-order valence-electron chi connectivity index (χ3n) is 6.75. The molecular weight excluding hydrogens is 434 g/mol. The number of benzene rings is 2. The summed E-state index contributed by atoms with van der Waals surface area (Å²) < 4.78 is 0. The van der Waals surface area contributed by atoms with Gasteiger partial charge in [-0.2, -0.15) is 5.26 Å². The van der Waals surface area contributed by atoms with Crippen molar-refractivity contribution < 1.29 is 4.79 Å². The smallest absolute Gasteiger partial charge is 0.253 e. The number of nitrogens with one attached hydrogen (secondary N) is 2. The van der Waals surface area contributed by atoms with Gasteiger partial charge >= 0.3 is 0 Å². The summed E-state index contributed by atoms with van der Waals surface area (Å²) in [6.07, 6.45) is 11.4. The Morgan fingerprint density at radius 3 is 2.71 bits per heavy atom. The largest absolute Gasteiger partial charge is 0.361 e. The van der Waals surface area contributed by atoms with Gasteiger partial charge in [0.2, 0.25) is 0 Å². The Morgan fingerprint density at radius 2 is 1.94 bits per heavy atom. The number of hydrogen-bond donors (Lipinski definition) is 2. The number of rotatable bonds is 5. The van der Waals surface area contributed by atoms with E-state index in [0.717, 1.165) is 64.9 Å². The Morgan fingerprint density at radius 1 is 1.14 bits per heavy atom. The molecule has 1 fully saturated rings. The van der Waals surface area contributed by atoms with E-state index >= 15 is 0 Å². The van der Waals surface area contributed by atoms with Crippen LogP contribution >= 0.6 is 0 Å². The van der Waals surface area contributed by atoms with E-state index in [2.05, 4.69) is 46.5 Å². The number of aromatic amines is 1. The summed E-state index contributed by atoms with van der Waals surface area (Å²) in [6, 6.07) is 17.9. The van der Waals surface area contributed by atoms with Gasteiger partial charge in [0.1, 0.15) is 6.07 Å². The zero-order valence-electron chi connectivity index (χ0n) is 19.7. The second kappa shape index (κ2) is 9.86. The van der Waals surface area contributed by atoms with Crippen LogP contribution in [0.3, 0.4) is 0 Å². The molecule has 1 aliphatic heterocycles. The number of carbonyl (C=O) groups excluding carboxylic acids is 1. The van der Waals surface area contributed by atoms with Gasteiger partial charge in [-0.1, -0.05) is 30.4 Å². The number of pyridine rings is 1. The van der Waals surface area contributed by atoms with Crippen molar-refractivity contribution in [2.45, 2.75) is 19.8 Å². The molecule has 0 saturated carbocycles. The number of nitriles is 1. The van der Waals surface area contributed by atoms with E-state index in [-0.39, 0.29) is 5.91 Å². The van der Waals surface area contributed by atoms with Crippen LogP contribution in [0.4, 0.5) is 11.4 Å². The molecule has 1 aliphatic rings. The molecule has 6 heteroatoms. The monoisotopic (exact) mass is 461 g/mol. The van der Waals surface area contributed by atoms with E-state index in [1.54, 1.807) is 12.4 Å². The number of likely N-dealkylation sites (tertiary alicyclic amines) is 1. The molecule has 1 saturated heterocycles. The van der Waals surface area contributed by atoms with Crippen LogP contribution < -0.4 is 5.32 Å². The van der Waals surface area contributed by atoms with Gasteiger partial charge in [0.25, 0.3) is 5.91 Å². The highest BCUT2D eigenvalue weighted by Gasteiger charge is 2.22. The predicted molar refractivity (Wildman–Crippen MR) is 139 cm³/mol. The van der Waals surface area contributed by atoms with Gasteiger partial charge in [0.15, 0.2) is 0 Å². The van der Waals surface area contributed by atoms with Crippen molar-refractivity contribution in [1.82, 2.24) is 14.9 Å². The Kier molecular flexibility index (Phi) is 6.32. The summed E-state index contributed by atoms with van der Waals surface area (Å²) in [7, 11) is 0. The highest BCUT2D eigenvalue weighted by atomic mass is 16.2. The Bertz CT molecular complexity index is 1420. The Hall–Kier alpha value is -4.37. The van der Waals surface area contributed by atoms with E-state index in [0.29, 0.717) is 11.5 Å². The lowest BCUT2D eigenvalue weighted by atomic mass is 9.95. The van der Waals surface area contributed by atoms with Crippen LogP contribution in [0.15, 0.2) is 73.2 Å². The van der Waals surface area contributed by atoms with Crippen molar-refractivity contribution in [3.8, 4) is 6.07 Å². The van der Waals surface area contributed by atoms with E-state index in [1.807, 2.05) is 53.6 Å². The van der Waals surface area contributed by atoms with Crippen LogP contribution in [0.2, 0.25) is 0 Å². The van der Waals surface area contributed by atoms with Crippen molar-refractivity contribution in [2.24, 2.45) is 5.92 Å². The number of aromatic nitrogens is 2. The summed E-state index contributed by atoms with van der Waals surface area (Å²) in [6.45, 7) is 3.55. The summed E-state index contributed by atoms with van der Waals surface area (Å²) in [5, 5.41) is 14.4. The standard InChI is InChI=1S/C29H27N5O/c1-20-25-11-14-32-27(25)10-9-26(20)33-28-23(18-31-19-24(28)17-30)8-7-21-12-15-34(16-13-21)29(35)22-5-3-2-4-6-22/h2-11,14,18-19,21,32H,12-13,15-16H2,1H3,(H,31,33). The number of H-pyrrole nitrogens is 1. The fraction of sp³-hybridized carbons (Fsp3) is 0.207. The normalized spacial score (nSPS) is 14.3. The lowest BCUT2D eigenvalue weighted by Crippen LogP contribution is -2.38. The molecule has 4 aromatic rings. The molecule has 1 amide bonds. The molecule has 2 aromatic heterocycles. The first-order chi connectivity index (χ1) is 17.1. The lowest BCUT2D eigenvalue weighted by Gasteiger charge is -2.30. The van der Waals surface area contributed by atoms with Crippen molar-refractivity contribution >= 4 is 34.3 Å². The molecule has 0 atom stereocenters. The number of nitrogens with zero attached hydrogens (tertiary/aromatic N) is 3. The molecular formula is C29H27N5O. The van der Waals surface area contributed by atoms with Gasteiger partial charge in [-0.25, -0.2) is 0 Å². The van der Waals surface area contributed by atoms with Crippen molar-refractivity contribution in [1.29, 1.82) is 5.26 Å². The number of aryl methyl sites for hydroxylation is 1. The molecule has 35 heavy (non-hydrogen) atoms. The molecule has 2 aromatic carbocycles. The molecule has 0 spiro atoms. The number of anilines is 2. The molecule has 174 valence electrons. The van der Waals surface area contributed by atoms with Gasteiger partial charge in [-0.15, -0.1) is 0 Å². The van der Waals surface area contributed by atoms with Gasteiger partial charge in [0.05, 0.1) is 11.3 Å². The molecule has 0 aliphatic carbocycles. The van der Waals surface area contributed by atoms with Crippen molar-refractivity contribution in [2.75, 3.05) is 18.4 Å². The van der Waals surface area contributed by atoms with Gasteiger partial charge in [-0.05, 0) is 61.6 Å². The van der Waals surface area contributed by atoms with E-state index in [4.69, 9.17) is 0 Å². The molecule has 2 N–H and O–H groups in total. The van der Waals surface area contributed by atoms with E-state index < -0.39 is 0 Å². The average Bonchev–Trinajstić information content (AvgIpc) is 3.40. The van der Waals surface area contributed by atoms with Crippen molar-refractivity contribution in [3.63, 3.8) is 0 Å². The summed E-state index contributed by atoms with van der Waals surface area (Å²) >= 11 is 0. The molecule has 0 unspecified atom stereocenters. The lowest BCUT2D eigenvalue weighted by molar-refractivity contribution is 0.0705. The van der Waals surface area contributed by atoms with Gasteiger partial charge < -0.3 is 15.2 Å². The van der Waals surface area contributed by atoms with Gasteiger partial charge in [0, 0.05) is 59.4 Å². The first kappa shape index (κ1) is 22.4. The van der Waals surface area contributed by atoms with Crippen LogP contribution in [0.5, 0.6) is 0 Å². The van der Waals surface area contributed by atoms with E-state index in [1.165, 1.54) is 0 Å².